The lowest BCUT2D eigenvalue weighted by Gasteiger charge is -2.15. The van der Waals surface area contributed by atoms with Crippen LogP contribution >= 0.6 is 11.3 Å². The Morgan fingerprint density at radius 1 is 1.04 bits per heavy atom. The molecule has 2 heterocycles. The van der Waals surface area contributed by atoms with E-state index in [0.29, 0.717) is 22.5 Å². The number of fused-ring (bicyclic) bond motifs is 1. The fraction of sp³-hybridized carbons (Fsp3) is 0.400. The van der Waals surface area contributed by atoms with Gasteiger partial charge in [0.1, 0.15) is 5.00 Å². The highest BCUT2D eigenvalue weighted by Gasteiger charge is 2.32. The van der Waals surface area contributed by atoms with Gasteiger partial charge in [-0.3, -0.25) is 9.59 Å². The maximum absolute atomic E-state index is 13.0. The summed E-state index contributed by atoms with van der Waals surface area (Å²) >= 11 is 1.46. The van der Waals surface area contributed by atoms with Gasteiger partial charge < -0.3 is 10.6 Å². The van der Waals surface area contributed by atoms with Crippen molar-refractivity contribution in [3.8, 4) is 0 Å². The highest BCUT2D eigenvalue weighted by Crippen LogP contribution is 2.38. The average Bonchev–Trinajstić information content (AvgIpc) is 3.21. The zero-order chi connectivity index (χ0) is 19.7. The molecule has 28 heavy (non-hydrogen) atoms. The zero-order valence-corrected chi connectivity index (χ0v) is 17.0. The second kappa shape index (κ2) is 7.67. The number of thiophene rings is 1. The molecule has 1 atom stereocenters. The van der Waals surface area contributed by atoms with Crippen molar-refractivity contribution in [3.05, 3.63) is 51.9 Å². The van der Waals surface area contributed by atoms with Gasteiger partial charge in [-0.25, -0.2) is 8.42 Å². The molecule has 1 fully saturated rings. The lowest BCUT2D eigenvalue weighted by Crippen LogP contribution is -2.36. The van der Waals surface area contributed by atoms with Gasteiger partial charge in [0, 0.05) is 16.5 Å². The van der Waals surface area contributed by atoms with E-state index in [1.54, 1.807) is 24.3 Å². The van der Waals surface area contributed by atoms with E-state index in [1.165, 1.54) is 11.3 Å². The number of sulfone groups is 1. The molecule has 1 saturated heterocycles. The molecule has 4 rings (SSSR count). The Hall–Kier alpha value is -2.19. The maximum atomic E-state index is 13.0. The van der Waals surface area contributed by atoms with E-state index in [9.17, 15) is 18.0 Å². The first-order chi connectivity index (χ1) is 13.4. The number of anilines is 1. The van der Waals surface area contributed by atoms with Gasteiger partial charge in [0.15, 0.2) is 9.84 Å². The molecule has 2 N–H and O–H groups in total. The van der Waals surface area contributed by atoms with Crippen molar-refractivity contribution >= 4 is 38.0 Å². The second-order valence-electron chi connectivity index (χ2n) is 7.31. The van der Waals surface area contributed by atoms with Gasteiger partial charge in [-0.2, -0.15) is 0 Å². The van der Waals surface area contributed by atoms with Crippen LogP contribution in [-0.2, 0) is 22.7 Å². The summed E-state index contributed by atoms with van der Waals surface area (Å²) in [6.45, 7) is 0. The molecule has 1 aromatic carbocycles. The van der Waals surface area contributed by atoms with Crippen LogP contribution in [-0.4, -0.2) is 37.8 Å². The Labute approximate surface area is 168 Å². The molecule has 0 unspecified atom stereocenters. The van der Waals surface area contributed by atoms with Crippen LogP contribution in [0.25, 0.3) is 0 Å². The van der Waals surface area contributed by atoms with Gasteiger partial charge in [0.05, 0.1) is 17.1 Å². The number of benzene rings is 1. The first-order valence-corrected chi connectivity index (χ1v) is 12.1. The monoisotopic (exact) mass is 418 g/mol. The fourth-order valence-corrected chi connectivity index (χ4v) is 6.78. The summed E-state index contributed by atoms with van der Waals surface area (Å²) in [7, 11) is -3.07. The number of amides is 2. The van der Waals surface area contributed by atoms with Crippen molar-refractivity contribution in [2.75, 3.05) is 16.8 Å². The molecule has 2 amide bonds. The van der Waals surface area contributed by atoms with Gasteiger partial charge in [0.25, 0.3) is 11.8 Å². The Balaban J connectivity index is 1.61. The Bertz CT molecular complexity index is 1010. The molecular weight excluding hydrogens is 396 g/mol. The van der Waals surface area contributed by atoms with Crippen LogP contribution in [0.5, 0.6) is 0 Å². The number of aryl methyl sites for hydroxylation is 1. The maximum Gasteiger partial charge on any atom is 0.256 e. The van der Waals surface area contributed by atoms with Crippen LogP contribution in [0.4, 0.5) is 5.00 Å². The third kappa shape index (κ3) is 3.98. The molecule has 1 aliphatic heterocycles. The minimum absolute atomic E-state index is 0.0171. The van der Waals surface area contributed by atoms with E-state index in [2.05, 4.69) is 10.6 Å². The van der Waals surface area contributed by atoms with Gasteiger partial charge in [-0.15, -0.1) is 11.3 Å². The number of hydrogen-bond donors (Lipinski definition) is 2. The van der Waals surface area contributed by atoms with Crippen LogP contribution in [0.15, 0.2) is 30.3 Å². The van der Waals surface area contributed by atoms with E-state index in [1.807, 2.05) is 6.07 Å². The van der Waals surface area contributed by atoms with Crippen molar-refractivity contribution in [2.45, 2.75) is 38.1 Å². The summed E-state index contributed by atoms with van der Waals surface area (Å²) in [6.07, 6.45) is 4.22. The van der Waals surface area contributed by atoms with Crippen molar-refractivity contribution < 1.29 is 18.0 Å². The zero-order valence-electron chi connectivity index (χ0n) is 15.4. The first kappa shape index (κ1) is 19.1. The van der Waals surface area contributed by atoms with Crippen LogP contribution in [0, 0.1) is 0 Å². The van der Waals surface area contributed by atoms with Gasteiger partial charge in [-0.1, -0.05) is 18.2 Å². The van der Waals surface area contributed by atoms with Crippen LogP contribution < -0.4 is 10.6 Å². The van der Waals surface area contributed by atoms with E-state index in [4.69, 9.17) is 0 Å². The number of nitrogens with one attached hydrogen (secondary N) is 2. The highest BCUT2D eigenvalue weighted by atomic mass is 32.2. The van der Waals surface area contributed by atoms with Crippen LogP contribution in [0.2, 0.25) is 0 Å². The second-order valence-corrected chi connectivity index (χ2v) is 10.6. The summed E-state index contributed by atoms with van der Waals surface area (Å²) in [6, 6.07) is 8.52. The topological polar surface area (TPSA) is 92.3 Å². The van der Waals surface area contributed by atoms with Crippen molar-refractivity contribution in [1.82, 2.24) is 5.32 Å². The predicted molar refractivity (Wildman–Crippen MR) is 110 cm³/mol. The normalized spacial score (nSPS) is 20.4. The van der Waals surface area contributed by atoms with E-state index >= 15 is 0 Å². The number of rotatable bonds is 4. The van der Waals surface area contributed by atoms with E-state index in [-0.39, 0.29) is 29.4 Å². The molecule has 148 valence electrons. The molecule has 2 aromatic rings. The van der Waals surface area contributed by atoms with Crippen molar-refractivity contribution in [1.29, 1.82) is 0 Å². The molecule has 0 spiro atoms. The SMILES string of the molecule is O=C(Nc1sc2c(c1C(=O)N[C@H]1CCS(=O)(=O)C1)CCCC2)c1ccccc1. The lowest BCUT2D eigenvalue weighted by molar-refractivity contribution is 0.0941. The molecular formula is C20H22N2O4S2. The first-order valence-electron chi connectivity index (χ1n) is 9.45. The summed E-state index contributed by atoms with van der Waals surface area (Å²) < 4.78 is 23.4. The van der Waals surface area contributed by atoms with Crippen LogP contribution in [0.1, 0.15) is 50.4 Å². The molecule has 0 bridgehead atoms. The summed E-state index contributed by atoms with van der Waals surface area (Å²) in [5.41, 5.74) is 2.04. The molecule has 0 saturated carbocycles. The smallest absolute Gasteiger partial charge is 0.256 e. The molecule has 2 aliphatic rings. The third-order valence-corrected chi connectivity index (χ3v) is 8.20. The predicted octanol–water partition coefficient (Wildman–Crippen LogP) is 2.80. The number of carbonyl (C=O) groups excluding carboxylic acids is 2. The number of carbonyl (C=O) groups is 2. The fourth-order valence-electron chi connectivity index (χ4n) is 3.83. The van der Waals surface area contributed by atoms with Gasteiger partial charge >= 0.3 is 0 Å². The van der Waals surface area contributed by atoms with Crippen LogP contribution in [0.3, 0.4) is 0 Å². The third-order valence-electron chi connectivity index (χ3n) is 5.23. The summed E-state index contributed by atoms with van der Waals surface area (Å²) in [5.74, 6) is -0.449. The lowest BCUT2D eigenvalue weighted by atomic mass is 9.95. The van der Waals surface area contributed by atoms with Gasteiger partial charge in [0.2, 0.25) is 0 Å². The minimum atomic E-state index is -3.07. The molecule has 8 heteroatoms. The molecule has 0 radical (unpaired) electrons. The van der Waals surface area contributed by atoms with Crippen molar-refractivity contribution in [3.63, 3.8) is 0 Å². The van der Waals surface area contributed by atoms with Gasteiger partial charge in [-0.05, 0) is 49.8 Å². The quantitative estimate of drug-likeness (QED) is 0.799. The highest BCUT2D eigenvalue weighted by molar-refractivity contribution is 7.91. The Morgan fingerprint density at radius 3 is 2.50 bits per heavy atom. The molecule has 1 aliphatic carbocycles. The van der Waals surface area contributed by atoms with E-state index in [0.717, 1.165) is 36.1 Å². The number of hydrogen-bond acceptors (Lipinski definition) is 5. The largest absolute Gasteiger partial charge is 0.348 e. The Morgan fingerprint density at radius 2 is 1.79 bits per heavy atom. The molecule has 1 aromatic heterocycles. The van der Waals surface area contributed by atoms with Crippen molar-refractivity contribution in [2.24, 2.45) is 0 Å². The standard InChI is InChI=1S/C20H22N2O4S2/c23-18(13-6-2-1-3-7-13)22-20-17(15-8-4-5-9-16(15)27-20)19(24)21-14-10-11-28(25,26)12-14/h1-3,6-7,14H,4-5,8-12H2,(H,21,24)(H,22,23)/t14-/m0/s1. The van der Waals surface area contributed by atoms with E-state index < -0.39 is 9.84 Å². The minimum Gasteiger partial charge on any atom is -0.348 e. The summed E-state index contributed by atoms with van der Waals surface area (Å²) in [5, 5.41) is 6.34. The Kier molecular flexibility index (Phi) is 5.25. The summed E-state index contributed by atoms with van der Waals surface area (Å²) in [4.78, 5) is 26.8. The average molecular weight is 419 g/mol. The molecule has 6 nitrogen and oxygen atoms in total.